The van der Waals surface area contributed by atoms with Crippen molar-refractivity contribution >= 4 is 10.8 Å². The third kappa shape index (κ3) is 5.82. The van der Waals surface area contributed by atoms with Crippen LogP contribution < -0.4 is 10.1 Å². The zero-order chi connectivity index (χ0) is 21.2. The monoisotopic (exact) mass is 406 g/mol. The van der Waals surface area contributed by atoms with Crippen molar-refractivity contribution in [3.05, 3.63) is 77.9 Å². The number of rotatable bonds is 12. The predicted octanol–water partition coefficient (Wildman–Crippen LogP) is 4.43. The van der Waals surface area contributed by atoms with Crippen LogP contribution in [0.1, 0.15) is 31.0 Å². The summed E-state index contributed by atoms with van der Waals surface area (Å²) >= 11 is 0. The Bertz CT molecular complexity index is 894. The first-order chi connectivity index (χ1) is 14.8. The lowest BCUT2D eigenvalue weighted by atomic mass is 9.93. The van der Waals surface area contributed by atoms with Crippen LogP contribution in [0.3, 0.4) is 0 Å². The van der Waals surface area contributed by atoms with Crippen LogP contribution in [-0.4, -0.2) is 49.4 Å². The number of aliphatic hydroxyl groups excluding tert-OH is 1. The van der Waals surface area contributed by atoms with Gasteiger partial charge >= 0.3 is 0 Å². The molecule has 4 nitrogen and oxygen atoms in total. The number of aliphatic hydroxyl groups is 1. The highest BCUT2D eigenvalue weighted by atomic mass is 16.5. The second kappa shape index (κ2) is 11.7. The fourth-order valence-electron chi connectivity index (χ4n) is 3.95. The average Bonchev–Trinajstić information content (AvgIpc) is 2.80. The first kappa shape index (κ1) is 22.3. The normalized spacial score (nSPS) is 12.4. The molecule has 30 heavy (non-hydrogen) atoms. The molecule has 0 radical (unpaired) electrons. The molecule has 0 saturated heterocycles. The molecule has 0 aromatic heterocycles. The van der Waals surface area contributed by atoms with Gasteiger partial charge in [-0.1, -0.05) is 74.5 Å². The number of nitrogens with zero attached hydrogens (tertiary/aromatic N) is 1. The van der Waals surface area contributed by atoms with E-state index in [2.05, 4.69) is 84.7 Å². The van der Waals surface area contributed by atoms with Crippen LogP contribution in [0.15, 0.2) is 66.7 Å². The van der Waals surface area contributed by atoms with Gasteiger partial charge in [0.15, 0.2) is 0 Å². The van der Waals surface area contributed by atoms with E-state index >= 15 is 0 Å². The lowest BCUT2D eigenvalue weighted by Gasteiger charge is -2.25. The average molecular weight is 407 g/mol. The van der Waals surface area contributed by atoms with Gasteiger partial charge in [0.25, 0.3) is 0 Å². The molecule has 0 heterocycles. The molecule has 2 N–H and O–H groups in total. The van der Waals surface area contributed by atoms with Gasteiger partial charge in [-0.15, -0.1) is 0 Å². The van der Waals surface area contributed by atoms with E-state index in [1.165, 1.54) is 21.9 Å². The van der Waals surface area contributed by atoms with Crippen LogP contribution in [0.25, 0.3) is 10.8 Å². The first-order valence-electron chi connectivity index (χ1n) is 11.0. The molecule has 3 rings (SSSR count). The summed E-state index contributed by atoms with van der Waals surface area (Å²) in [6.07, 6.45) is 0.835. The summed E-state index contributed by atoms with van der Waals surface area (Å²) in [5, 5.41) is 15.4. The third-order valence-corrected chi connectivity index (χ3v) is 5.62. The molecule has 0 aliphatic carbocycles. The van der Waals surface area contributed by atoms with Gasteiger partial charge in [-0.25, -0.2) is 0 Å². The molecule has 0 bridgehead atoms. The standard InChI is InChI=1S/C26H34N2O2/c1-3-28(4-2)17-19-30-25-15-14-22-12-8-9-13-23(22)26(25)24(27-16-18-29)20-21-10-6-5-7-11-21/h5-15,24,27,29H,3-4,16-20H2,1-2H3/t24-/m0/s1. The van der Waals surface area contributed by atoms with E-state index in [0.717, 1.165) is 31.8 Å². The summed E-state index contributed by atoms with van der Waals surface area (Å²) in [6.45, 7) is 8.63. The Morgan fingerprint density at radius 2 is 1.67 bits per heavy atom. The van der Waals surface area contributed by atoms with Gasteiger partial charge in [-0.05, 0) is 41.9 Å². The molecule has 0 spiro atoms. The Hall–Kier alpha value is -2.40. The van der Waals surface area contributed by atoms with Crippen molar-refractivity contribution in [1.82, 2.24) is 10.2 Å². The quantitative estimate of drug-likeness (QED) is 0.467. The van der Waals surface area contributed by atoms with Crippen molar-refractivity contribution in [3.8, 4) is 5.75 Å². The van der Waals surface area contributed by atoms with Crippen molar-refractivity contribution in [3.63, 3.8) is 0 Å². The minimum Gasteiger partial charge on any atom is -0.492 e. The van der Waals surface area contributed by atoms with Gasteiger partial charge < -0.3 is 20.1 Å². The van der Waals surface area contributed by atoms with Gasteiger partial charge in [0, 0.05) is 24.7 Å². The number of hydrogen-bond acceptors (Lipinski definition) is 4. The number of nitrogens with one attached hydrogen (secondary N) is 1. The summed E-state index contributed by atoms with van der Waals surface area (Å²) in [4.78, 5) is 2.37. The Kier molecular flexibility index (Phi) is 8.69. The highest BCUT2D eigenvalue weighted by molar-refractivity contribution is 5.88. The molecule has 3 aromatic rings. The van der Waals surface area contributed by atoms with E-state index in [1.54, 1.807) is 0 Å². The summed E-state index contributed by atoms with van der Waals surface area (Å²) in [7, 11) is 0. The van der Waals surface area contributed by atoms with Crippen molar-refractivity contribution < 1.29 is 9.84 Å². The van der Waals surface area contributed by atoms with Crippen LogP contribution in [0.5, 0.6) is 5.75 Å². The van der Waals surface area contributed by atoms with E-state index in [-0.39, 0.29) is 12.6 Å². The van der Waals surface area contributed by atoms with Gasteiger partial charge in [0.2, 0.25) is 0 Å². The number of hydrogen-bond donors (Lipinski definition) is 2. The molecular weight excluding hydrogens is 372 g/mol. The predicted molar refractivity (Wildman–Crippen MR) is 125 cm³/mol. The molecule has 0 aliphatic rings. The summed E-state index contributed by atoms with van der Waals surface area (Å²) in [6, 6.07) is 23.2. The maximum absolute atomic E-state index is 9.47. The molecule has 0 aliphatic heterocycles. The maximum Gasteiger partial charge on any atom is 0.124 e. The van der Waals surface area contributed by atoms with Gasteiger partial charge in [-0.3, -0.25) is 0 Å². The van der Waals surface area contributed by atoms with E-state index in [4.69, 9.17) is 4.74 Å². The molecule has 0 saturated carbocycles. The second-order valence-corrected chi connectivity index (χ2v) is 7.49. The molecule has 1 atom stereocenters. The fraction of sp³-hybridized carbons (Fsp3) is 0.385. The maximum atomic E-state index is 9.47. The van der Waals surface area contributed by atoms with Crippen LogP contribution in [0.2, 0.25) is 0 Å². The molecular formula is C26H34N2O2. The highest BCUT2D eigenvalue weighted by Crippen LogP contribution is 2.35. The topological polar surface area (TPSA) is 44.7 Å². The van der Waals surface area contributed by atoms with Crippen molar-refractivity contribution in [2.45, 2.75) is 26.3 Å². The first-order valence-corrected chi connectivity index (χ1v) is 11.0. The van der Waals surface area contributed by atoms with Crippen molar-refractivity contribution in [2.75, 3.05) is 39.4 Å². The van der Waals surface area contributed by atoms with Gasteiger partial charge in [-0.2, -0.15) is 0 Å². The van der Waals surface area contributed by atoms with Crippen molar-refractivity contribution in [1.29, 1.82) is 0 Å². The fourth-order valence-corrected chi connectivity index (χ4v) is 3.95. The lowest BCUT2D eigenvalue weighted by Crippen LogP contribution is -2.29. The molecule has 160 valence electrons. The zero-order valence-electron chi connectivity index (χ0n) is 18.2. The van der Waals surface area contributed by atoms with Crippen molar-refractivity contribution in [2.24, 2.45) is 0 Å². The molecule has 0 unspecified atom stereocenters. The summed E-state index contributed by atoms with van der Waals surface area (Å²) in [5.41, 5.74) is 2.43. The van der Waals surface area contributed by atoms with Gasteiger partial charge in [0.05, 0.1) is 6.61 Å². The second-order valence-electron chi connectivity index (χ2n) is 7.49. The Labute approximate surface area is 180 Å². The SMILES string of the molecule is CCN(CC)CCOc1ccc2ccccc2c1[C@H](Cc1ccccc1)NCCO. The van der Waals surface area contributed by atoms with E-state index in [0.29, 0.717) is 13.2 Å². The highest BCUT2D eigenvalue weighted by Gasteiger charge is 2.20. The minimum absolute atomic E-state index is 0.0501. The van der Waals surface area contributed by atoms with Crippen LogP contribution in [0.4, 0.5) is 0 Å². The van der Waals surface area contributed by atoms with E-state index in [1.807, 2.05) is 6.07 Å². The van der Waals surface area contributed by atoms with Crippen LogP contribution >= 0.6 is 0 Å². The van der Waals surface area contributed by atoms with Crippen LogP contribution in [0, 0.1) is 0 Å². The molecule has 0 fully saturated rings. The number of likely N-dealkylation sites (N-methyl/N-ethyl adjacent to an activating group) is 1. The Balaban J connectivity index is 1.95. The van der Waals surface area contributed by atoms with Crippen LogP contribution in [-0.2, 0) is 6.42 Å². The summed E-state index contributed by atoms with van der Waals surface area (Å²) < 4.78 is 6.33. The number of ether oxygens (including phenoxy) is 1. The third-order valence-electron chi connectivity index (χ3n) is 5.62. The smallest absolute Gasteiger partial charge is 0.124 e. The molecule has 4 heteroatoms. The molecule has 0 amide bonds. The number of benzene rings is 3. The summed E-state index contributed by atoms with van der Waals surface area (Å²) in [5.74, 6) is 0.923. The van der Waals surface area contributed by atoms with Gasteiger partial charge in [0.1, 0.15) is 12.4 Å². The van der Waals surface area contributed by atoms with E-state index in [9.17, 15) is 5.11 Å². The molecule has 3 aromatic carbocycles. The Morgan fingerprint density at radius 3 is 2.40 bits per heavy atom. The lowest BCUT2D eigenvalue weighted by molar-refractivity contribution is 0.220. The van der Waals surface area contributed by atoms with E-state index < -0.39 is 0 Å². The minimum atomic E-state index is 0.0501. The largest absolute Gasteiger partial charge is 0.492 e. The zero-order valence-corrected chi connectivity index (χ0v) is 18.2. The Morgan fingerprint density at radius 1 is 0.933 bits per heavy atom. The number of fused-ring (bicyclic) bond motifs is 1.